The molecule has 0 amide bonds. The molecule has 5 heteroatoms. The zero-order chi connectivity index (χ0) is 12.6. The number of fused-ring (bicyclic) bond motifs is 1. The van der Waals surface area contributed by atoms with Crippen molar-refractivity contribution in [1.82, 2.24) is 0 Å². The third kappa shape index (κ3) is 2.30. The quantitative estimate of drug-likeness (QED) is 0.824. The van der Waals surface area contributed by atoms with Gasteiger partial charge in [0.25, 0.3) is 0 Å². The van der Waals surface area contributed by atoms with Gasteiger partial charge in [0.2, 0.25) is 0 Å². The third-order valence-corrected chi connectivity index (χ3v) is 3.56. The average molecular weight is 256 g/mol. The van der Waals surface area contributed by atoms with Crippen LogP contribution in [0, 0.1) is 5.41 Å². The standard InChI is InChI=1S/C12H16O4S/c1-12(2)6-8-4-5-9(15-3)11(17(13)14)10(8)16-7-12/h4-5H,6-7H2,1-3H3,(H,13,14). The first-order chi connectivity index (χ1) is 7.94. The summed E-state index contributed by atoms with van der Waals surface area (Å²) in [5, 5.41) is 0. The van der Waals surface area contributed by atoms with Crippen molar-refractivity contribution in [2.75, 3.05) is 13.7 Å². The van der Waals surface area contributed by atoms with Gasteiger partial charge in [-0.25, -0.2) is 4.21 Å². The van der Waals surface area contributed by atoms with Gasteiger partial charge in [-0.15, -0.1) is 0 Å². The van der Waals surface area contributed by atoms with Crippen molar-refractivity contribution >= 4 is 11.1 Å². The highest BCUT2D eigenvalue weighted by atomic mass is 32.2. The van der Waals surface area contributed by atoms with E-state index >= 15 is 0 Å². The van der Waals surface area contributed by atoms with Gasteiger partial charge in [-0.3, -0.25) is 0 Å². The number of hydrogen-bond donors (Lipinski definition) is 1. The van der Waals surface area contributed by atoms with Crippen LogP contribution >= 0.6 is 0 Å². The van der Waals surface area contributed by atoms with Gasteiger partial charge in [0, 0.05) is 5.41 Å². The fourth-order valence-electron chi connectivity index (χ4n) is 2.04. The molecular weight excluding hydrogens is 240 g/mol. The Kier molecular flexibility index (Phi) is 3.14. The Morgan fingerprint density at radius 3 is 2.76 bits per heavy atom. The Labute approximate surface area is 103 Å². The SMILES string of the molecule is COc1ccc2c(c1S(=O)O)OCC(C)(C)C2. The summed E-state index contributed by atoms with van der Waals surface area (Å²) in [6, 6.07) is 3.61. The minimum Gasteiger partial charge on any atom is -0.495 e. The first-order valence-corrected chi connectivity index (χ1v) is 6.49. The molecule has 0 spiro atoms. The van der Waals surface area contributed by atoms with E-state index in [9.17, 15) is 8.76 Å². The van der Waals surface area contributed by atoms with Crippen LogP contribution in [0.15, 0.2) is 17.0 Å². The van der Waals surface area contributed by atoms with Crippen LogP contribution in [0.5, 0.6) is 11.5 Å². The van der Waals surface area contributed by atoms with Gasteiger partial charge in [-0.1, -0.05) is 19.9 Å². The van der Waals surface area contributed by atoms with Crippen molar-refractivity contribution in [3.63, 3.8) is 0 Å². The maximum atomic E-state index is 11.4. The van der Waals surface area contributed by atoms with E-state index in [0.717, 1.165) is 12.0 Å². The Bertz CT molecular complexity index is 468. The van der Waals surface area contributed by atoms with Crippen molar-refractivity contribution < 1.29 is 18.2 Å². The van der Waals surface area contributed by atoms with Crippen molar-refractivity contribution in [2.24, 2.45) is 5.41 Å². The van der Waals surface area contributed by atoms with Crippen LogP contribution in [0.4, 0.5) is 0 Å². The summed E-state index contributed by atoms with van der Waals surface area (Å²) in [6.45, 7) is 4.75. The average Bonchev–Trinajstić information content (AvgIpc) is 2.25. The van der Waals surface area contributed by atoms with Crippen LogP contribution < -0.4 is 9.47 Å². The van der Waals surface area contributed by atoms with E-state index in [0.29, 0.717) is 18.1 Å². The lowest BCUT2D eigenvalue weighted by atomic mass is 9.84. The van der Waals surface area contributed by atoms with Crippen molar-refractivity contribution in [2.45, 2.75) is 25.2 Å². The maximum absolute atomic E-state index is 11.4. The van der Waals surface area contributed by atoms with Gasteiger partial charge < -0.3 is 14.0 Å². The maximum Gasteiger partial charge on any atom is 0.194 e. The highest BCUT2D eigenvalue weighted by molar-refractivity contribution is 7.79. The van der Waals surface area contributed by atoms with E-state index in [1.54, 1.807) is 6.07 Å². The normalized spacial score (nSPS) is 19.1. The van der Waals surface area contributed by atoms with Crippen LogP contribution in [0.25, 0.3) is 0 Å². The lowest BCUT2D eigenvalue weighted by molar-refractivity contribution is 0.149. The monoisotopic (exact) mass is 256 g/mol. The summed E-state index contributed by atoms with van der Waals surface area (Å²) >= 11 is -2.10. The Morgan fingerprint density at radius 2 is 2.18 bits per heavy atom. The molecule has 1 N–H and O–H groups in total. The largest absolute Gasteiger partial charge is 0.495 e. The van der Waals surface area contributed by atoms with E-state index in [2.05, 4.69) is 13.8 Å². The zero-order valence-corrected chi connectivity index (χ0v) is 11.0. The summed E-state index contributed by atoms with van der Waals surface area (Å²) in [4.78, 5) is 0.237. The fraction of sp³-hybridized carbons (Fsp3) is 0.500. The molecule has 0 aliphatic carbocycles. The second-order valence-electron chi connectivity index (χ2n) is 4.96. The van der Waals surface area contributed by atoms with Gasteiger partial charge in [-0.05, 0) is 18.1 Å². The van der Waals surface area contributed by atoms with Gasteiger partial charge in [0.1, 0.15) is 11.5 Å². The predicted octanol–water partition coefficient (Wildman–Crippen LogP) is 2.24. The second-order valence-corrected chi connectivity index (χ2v) is 5.87. The number of ether oxygens (including phenoxy) is 2. The van der Waals surface area contributed by atoms with Crippen molar-refractivity contribution in [1.29, 1.82) is 0 Å². The molecular formula is C12H16O4S. The highest BCUT2D eigenvalue weighted by Crippen LogP contribution is 2.41. The van der Waals surface area contributed by atoms with E-state index in [4.69, 9.17) is 9.47 Å². The Balaban J connectivity index is 2.55. The molecule has 4 nitrogen and oxygen atoms in total. The molecule has 1 atom stereocenters. The minimum atomic E-state index is -2.10. The molecule has 1 aromatic carbocycles. The lowest BCUT2D eigenvalue weighted by Gasteiger charge is -2.32. The van der Waals surface area contributed by atoms with Crippen molar-refractivity contribution in [3.8, 4) is 11.5 Å². The summed E-state index contributed by atoms with van der Waals surface area (Å²) in [6.07, 6.45) is 0.830. The Morgan fingerprint density at radius 1 is 1.47 bits per heavy atom. The van der Waals surface area contributed by atoms with Crippen molar-refractivity contribution in [3.05, 3.63) is 17.7 Å². The molecule has 0 saturated heterocycles. The van der Waals surface area contributed by atoms with Crippen LogP contribution in [-0.2, 0) is 17.5 Å². The smallest absolute Gasteiger partial charge is 0.194 e. The first-order valence-electron chi connectivity index (χ1n) is 5.38. The minimum absolute atomic E-state index is 0.0514. The molecule has 1 heterocycles. The molecule has 1 aliphatic heterocycles. The van der Waals surface area contributed by atoms with Crippen LogP contribution in [0.2, 0.25) is 0 Å². The zero-order valence-electron chi connectivity index (χ0n) is 10.1. The predicted molar refractivity (Wildman–Crippen MR) is 65.0 cm³/mol. The summed E-state index contributed by atoms with van der Waals surface area (Å²) in [5.41, 5.74) is 1.01. The van der Waals surface area contributed by atoms with Gasteiger partial charge in [0.15, 0.2) is 16.0 Å². The summed E-state index contributed by atoms with van der Waals surface area (Å²) < 4.78 is 31.4. The molecule has 0 saturated carbocycles. The highest BCUT2D eigenvalue weighted by Gasteiger charge is 2.31. The number of hydrogen-bond acceptors (Lipinski definition) is 3. The van der Waals surface area contributed by atoms with Gasteiger partial charge in [0.05, 0.1) is 13.7 Å². The molecule has 94 valence electrons. The number of rotatable bonds is 2. The Hall–Kier alpha value is -1.07. The van der Waals surface area contributed by atoms with Crippen LogP contribution in [-0.4, -0.2) is 22.5 Å². The van der Waals surface area contributed by atoms with E-state index in [-0.39, 0.29) is 10.3 Å². The molecule has 1 unspecified atom stereocenters. The first kappa shape index (κ1) is 12.4. The molecule has 0 aromatic heterocycles. The molecule has 1 aliphatic rings. The summed E-state index contributed by atoms with van der Waals surface area (Å²) in [5.74, 6) is 0.897. The fourth-order valence-corrected chi connectivity index (χ4v) is 2.72. The molecule has 1 aromatic rings. The summed E-state index contributed by atoms with van der Waals surface area (Å²) in [7, 11) is 1.48. The molecule has 2 rings (SSSR count). The topological polar surface area (TPSA) is 55.8 Å². The van der Waals surface area contributed by atoms with Crippen LogP contribution in [0.3, 0.4) is 0 Å². The van der Waals surface area contributed by atoms with Gasteiger partial charge in [-0.2, -0.15) is 0 Å². The number of methoxy groups -OCH3 is 1. The molecule has 0 fully saturated rings. The van der Waals surface area contributed by atoms with Gasteiger partial charge >= 0.3 is 0 Å². The van der Waals surface area contributed by atoms with E-state index in [1.165, 1.54) is 7.11 Å². The third-order valence-electron chi connectivity index (χ3n) is 2.83. The van der Waals surface area contributed by atoms with E-state index < -0.39 is 11.1 Å². The van der Waals surface area contributed by atoms with Crippen LogP contribution in [0.1, 0.15) is 19.4 Å². The van der Waals surface area contributed by atoms with E-state index in [1.807, 2.05) is 6.07 Å². The number of benzene rings is 1. The molecule has 0 bridgehead atoms. The molecule has 17 heavy (non-hydrogen) atoms. The lowest BCUT2D eigenvalue weighted by Crippen LogP contribution is -2.29. The molecule has 0 radical (unpaired) electrons. The second kappa shape index (κ2) is 4.31.